The number of benzene rings is 2. The molecule has 2 aromatic carbocycles. The molecule has 0 aliphatic rings. The summed E-state index contributed by atoms with van der Waals surface area (Å²) in [5.74, 6) is 0.319. The Bertz CT molecular complexity index is 870. The van der Waals surface area contributed by atoms with E-state index in [-0.39, 0.29) is 24.2 Å². The predicted octanol–water partition coefficient (Wildman–Crippen LogP) is 3.09. The number of carbonyl (C=O) groups excluding carboxylic acids is 2. The van der Waals surface area contributed by atoms with E-state index in [1.807, 2.05) is 24.3 Å². The molecule has 3 aromatic rings. The molecular weight excluding hydrogens is 342 g/mol. The predicted molar refractivity (Wildman–Crippen MR) is 102 cm³/mol. The van der Waals surface area contributed by atoms with Crippen LogP contribution in [-0.2, 0) is 6.42 Å². The number of hydrogen-bond acceptors (Lipinski definition) is 4. The van der Waals surface area contributed by atoms with Crippen LogP contribution in [-0.4, -0.2) is 29.9 Å². The van der Waals surface area contributed by atoms with Crippen LogP contribution in [0.3, 0.4) is 0 Å². The monoisotopic (exact) mass is 363 g/mol. The molecule has 1 atom stereocenters. The van der Waals surface area contributed by atoms with Gasteiger partial charge >= 0.3 is 0 Å². The van der Waals surface area contributed by atoms with Crippen LogP contribution < -0.4 is 5.32 Å². The number of nitrogens with one attached hydrogen (secondary N) is 1. The van der Waals surface area contributed by atoms with Crippen LogP contribution >= 0.6 is 0 Å². The molecule has 0 saturated carbocycles. The second-order valence-corrected chi connectivity index (χ2v) is 6.31. The topological polar surface area (TPSA) is 79.5 Å². The molecule has 5 nitrogen and oxygen atoms in total. The molecular formula is C22H21NO4. The minimum absolute atomic E-state index is 0.0501. The Hall–Kier alpha value is -3.18. The van der Waals surface area contributed by atoms with Gasteiger partial charge in [-0.3, -0.25) is 9.59 Å². The molecule has 0 aliphatic carbocycles. The van der Waals surface area contributed by atoms with Crippen LogP contribution in [0.2, 0.25) is 0 Å². The van der Waals surface area contributed by atoms with Crippen molar-refractivity contribution >= 4 is 11.7 Å². The van der Waals surface area contributed by atoms with Crippen molar-refractivity contribution in [1.29, 1.82) is 0 Å². The summed E-state index contributed by atoms with van der Waals surface area (Å²) in [6.45, 7) is 0.284. The molecule has 3 rings (SSSR count). The van der Waals surface area contributed by atoms with Crippen molar-refractivity contribution in [1.82, 2.24) is 5.32 Å². The fourth-order valence-corrected chi connectivity index (χ4v) is 2.78. The Kier molecular flexibility index (Phi) is 6.18. The van der Waals surface area contributed by atoms with Crippen LogP contribution in [0.5, 0.6) is 0 Å². The standard InChI is InChI=1S/C22H21NO4/c24-15-16(13-20-7-4-12-27-20)14-23-22(26)19-10-8-18(9-11-19)21(25)17-5-2-1-3-6-17/h1-12,16,24H,13-15H2,(H,23,26)/t16-/m1/s1. The van der Waals surface area contributed by atoms with Gasteiger partial charge < -0.3 is 14.8 Å². The molecule has 5 heteroatoms. The molecule has 0 fully saturated rings. The van der Waals surface area contributed by atoms with Gasteiger partial charge in [-0.15, -0.1) is 0 Å². The van der Waals surface area contributed by atoms with Gasteiger partial charge in [0, 0.05) is 42.2 Å². The molecule has 0 radical (unpaired) electrons. The summed E-state index contributed by atoms with van der Waals surface area (Å²) in [7, 11) is 0. The van der Waals surface area contributed by atoms with E-state index in [4.69, 9.17) is 4.42 Å². The minimum Gasteiger partial charge on any atom is -0.469 e. The van der Waals surface area contributed by atoms with Gasteiger partial charge in [0.1, 0.15) is 5.76 Å². The first-order valence-electron chi connectivity index (χ1n) is 8.78. The molecule has 1 aromatic heterocycles. The SMILES string of the molecule is O=C(NC[C@H](CO)Cc1ccco1)c1ccc(C(=O)c2ccccc2)cc1. The van der Waals surface area contributed by atoms with Gasteiger partial charge in [-0.25, -0.2) is 0 Å². The molecule has 138 valence electrons. The second kappa shape index (κ2) is 8.96. The van der Waals surface area contributed by atoms with Gasteiger partial charge in [-0.1, -0.05) is 42.5 Å². The Balaban J connectivity index is 1.58. The van der Waals surface area contributed by atoms with E-state index in [1.54, 1.807) is 48.7 Å². The van der Waals surface area contributed by atoms with Crippen molar-refractivity contribution in [3.63, 3.8) is 0 Å². The summed E-state index contributed by atoms with van der Waals surface area (Å²) >= 11 is 0. The summed E-state index contributed by atoms with van der Waals surface area (Å²) < 4.78 is 5.27. The number of carbonyl (C=O) groups is 2. The van der Waals surface area contributed by atoms with E-state index in [0.29, 0.717) is 29.7 Å². The van der Waals surface area contributed by atoms with Gasteiger partial charge in [0.2, 0.25) is 0 Å². The Morgan fingerprint density at radius 3 is 2.19 bits per heavy atom. The number of rotatable bonds is 8. The Labute approximate surface area is 157 Å². The molecule has 2 N–H and O–H groups in total. The highest BCUT2D eigenvalue weighted by atomic mass is 16.3. The van der Waals surface area contributed by atoms with Crippen molar-refractivity contribution < 1.29 is 19.1 Å². The molecule has 0 spiro atoms. The maximum Gasteiger partial charge on any atom is 0.251 e. The van der Waals surface area contributed by atoms with E-state index in [0.717, 1.165) is 5.76 Å². The number of amides is 1. The lowest BCUT2D eigenvalue weighted by Crippen LogP contribution is -2.31. The molecule has 0 bridgehead atoms. The van der Waals surface area contributed by atoms with Crippen molar-refractivity contribution in [2.45, 2.75) is 6.42 Å². The van der Waals surface area contributed by atoms with E-state index in [2.05, 4.69) is 5.32 Å². The molecule has 0 unspecified atom stereocenters. The van der Waals surface area contributed by atoms with Crippen LogP contribution in [0, 0.1) is 5.92 Å². The summed E-state index contributed by atoms with van der Waals surface area (Å²) in [5.41, 5.74) is 1.61. The van der Waals surface area contributed by atoms with Gasteiger partial charge in [-0.2, -0.15) is 0 Å². The first-order chi connectivity index (χ1) is 13.2. The van der Waals surface area contributed by atoms with Crippen LogP contribution in [0.1, 0.15) is 32.0 Å². The highest BCUT2D eigenvalue weighted by Crippen LogP contribution is 2.12. The summed E-state index contributed by atoms with van der Waals surface area (Å²) in [6, 6.07) is 19.2. The number of furan rings is 1. The van der Waals surface area contributed by atoms with Crippen molar-refractivity contribution in [2.24, 2.45) is 5.92 Å². The average Bonchev–Trinajstić information content (AvgIpc) is 3.24. The minimum atomic E-state index is -0.244. The zero-order chi connectivity index (χ0) is 19.1. The van der Waals surface area contributed by atoms with Crippen LogP contribution in [0.4, 0.5) is 0 Å². The lowest BCUT2D eigenvalue weighted by Gasteiger charge is -2.14. The number of aliphatic hydroxyl groups excluding tert-OH is 1. The lowest BCUT2D eigenvalue weighted by atomic mass is 10.0. The molecule has 0 saturated heterocycles. The molecule has 1 heterocycles. The first kappa shape index (κ1) is 18.6. The van der Waals surface area contributed by atoms with E-state index >= 15 is 0 Å². The number of aliphatic hydroxyl groups is 1. The largest absolute Gasteiger partial charge is 0.469 e. The maximum atomic E-state index is 12.4. The van der Waals surface area contributed by atoms with E-state index in [1.165, 1.54) is 0 Å². The quantitative estimate of drug-likeness (QED) is 0.603. The fourth-order valence-electron chi connectivity index (χ4n) is 2.78. The average molecular weight is 363 g/mol. The van der Waals surface area contributed by atoms with Gasteiger partial charge in [-0.05, 0) is 24.3 Å². The van der Waals surface area contributed by atoms with Crippen molar-refractivity contribution in [3.8, 4) is 0 Å². The smallest absolute Gasteiger partial charge is 0.251 e. The van der Waals surface area contributed by atoms with Crippen LogP contribution in [0.15, 0.2) is 77.4 Å². The maximum absolute atomic E-state index is 12.4. The van der Waals surface area contributed by atoms with Gasteiger partial charge in [0.05, 0.1) is 6.26 Å². The number of hydrogen-bond donors (Lipinski definition) is 2. The highest BCUT2D eigenvalue weighted by Gasteiger charge is 2.14. The second-order valence-electron chi connectivity index (χ2n) is 6.31. The van der Waals surface area contributed by atoms with Crippen molar-refractivity contribution in [2.75, 3.05) is 13.2 Å². The van der Waals surface area contributed by atoms with Gasteiger partial charge in [0.15, 0.2) is 5.78 Å². The van der Waals surface area contributed by atoms with Crippen molar-refractivity contribution in [3.05, 3.63) is 95.4 Å². The molecule has 27 heavy (non-hydrogen) atoms. The highest BCUT2D eigenvalue weighted by molar-refractivity contribution is 6.09. The molecule has 0 aliphatic heterocycles. The third kappa shape index (κ3) is 4.92. The zero-order valence-electron chi connectivity index (χ0n) is 14.8. The van der Waals surface area contributed by atoms with E-state index in [9.17, 15) is 14.7 Å². The number of ketones is 1. The van der Waals surface area contributed by atoms with Gasteiger partial charge in [0.25, 0.3) is 5.91 Å². The lowest BCUT2D eigenvalue weighted by molar-refractivity contribution is 0.0937. The zero-order valence-corrected chi connectivity index (χ0v) is 14.8. The molecule has 1 amide bonds. The van der Waals surface area contributed by atoms with Crippen LogP contribution in [0.25, 0.3) is 0 Å². The summed E-state index contributed by atoms with van der Waals surface area (Å²) in [6.07, 6.45) is 2.13. The summed E-state index contributed by atoms with van der Waals surface area (Å²) in [5, 5.41) is 12.3. The fraction of sp³-hybridized carbons (Fsp3) is 0.182. The third-order valence-electron chi connectivity index (χ3n) is 4.32. The third-order valence-corrected chi connectivity index (χ3v) is 4.32. The summed E-state index contributed by atoms with van der Waals surface area (Å²) in [4.78, 5) is 24.7. The van der Waals surface area contributed by atoms with E-state index < -0.39 is 0 Å². The normalized spacial score (nSPS) is 11.7. The first-order valence-corrected chi connectivity index (χ1v) is 8.78. The Morgan fingerprint density at radius 1 is 0.889 bits per heavy atom. The Morgan fingerprint density at radius 2 is 1.56 bits per heavy atom.